The number of ketones is 1. The number of amides is 2. The molecule has 0 unspecified atom stereocenters. The molecule has 0 spiro atoms. The lowest BCUT2D eigenvalue weighted by Gasteiger charge is -2.17. The molecule has 0 aromatic heterocycles. The van der Waals surface area contributed by atoms with E-state index in [4.69, 9.17) is 4.74 Å². The molecule has 9 heteroatoms. The molecule has 0 aliphatic carbocycles. The van der Waals surface area contributed by atoms with Crippen LogP contribution in [0.2, 0.25) is 0 Å². The second-order valence-electron chi connectivity index (χ2n) is 7.30. The van der Waals surface area contributed by atoms with Crippen LogP contribution in [0.4, 0.5) is 11.4 Å². The van der Waals surface area contributed by atoms with Gasteiger partial charge in [0.2, 0.25) is 0 Å². The molecule has 0 fully saturated rings. The van der Waals surface area contributed by atoms with Gasteiger partial charge in [-0.1, -0.05) is 18.2 Å². The summed E-state index contributed by atoms with van der Waals surface area (Å²) in [5.74, 6) is -2.33. The first-order chi connectivity index (χ1) is 15.8. The molecule has 1 aliphatic heterocycles. The number of esters is 1. The summed E-state index contributed by atoms with van der Waals surface area (Å²) < 4.78 is 5.08. The van der Waals surface area contributed by atoms with E-state index in [2.05, 4.69) is 0 Å². The Kier molecular flexibility index (Phi) is 5.53. The lowest BCUT2D eigenvalue weighted by Crippen LogP contribution is -2.30. The summed E-state index contributed by atoms with van der Waals surface area (Å²) in [6, 6.07) is 15.8. The summed E-state index contributed by atoms with van der Waals surface area (Å²) in [5, 5.41) is 10.7. The van der Waals surface area contributed by atoms with Gasteiger partial charge in [-0.2, -0.15) is 0 Å². The predicted molar refractivity (Wildman–Crippen MR) is 116 cm³/mol. The minimum Gasteiger partial charge on any atom is -0.454 e. The van der Waals surface area contributed by atoms with Gasteiger partial charge in [0.25, 0.3) is 17.5 Å². The summed E-state index contributed by atoms with van der Waals surface area (Å²) in [6.45, 7) is 1.12. The summed E-state index contributed by atoms with van der Waals surface area (Å²) in [5.41, 5.74) is 1.46. The number of fused-ring (bicyclic) bond motifs is 1. The van der Waals surface area contributed by atoms with Gasteiger partial charge < -0.3 is 4.74 Å². The Morgan fingerprint density at radius 3 is 2.06 bits per heavy atom. The van der Waals surface area contributed by atoms with Crippen LogP contribution < -0.4 is 4.90 Å². The first-order valence-corrected chi connectivity index (χ1v) is 9.81. The number of nitro groups is 1. The number of ether oxygens (including phenoxy) is 1. The number of hydrogen-bond acceptors (Lipinski definition) is 7. The van der Waals surface area contributed by atoms with E-state index in [9.17, 15) is 29.3 Å². The van der Waals surface area contributed by atoms with Crippen LogP contribution in [0, 0.1) is 17.0 Å². The van der Waals surface area contributed by atoms with E-state index in [0.717, 1.165) is 4.90 Å². The van der Waals surface area contributed by atoms with Gasteiger partial charge in [-0.25, -0.2) is 9.69 Å². The number of carbonyl (C=O) groups excluding carboxylic acids is 4. The zero-order valence-corrected chi connectivity index (χ0v) is 17.3. The van der Waals surface area contributed by atoms with Gasteiger partial charge in [-0.05, 0) is 48.9 Å². The third-order valence-electron chi connectivity index (χ3n) is 5.21. The predicted octanol–water partition coefficient (Wildman–Crippen LogP) is 3.74. The van der Waals surface area contributed by atoms with Crippen molar-refractivity contribution in [3.63, 3.8) is 0 Å². The zero-order chi connectivity index (χ0) is 23.7. The number of rotatable bonds is 6. The van der Waals surface area contributed by atoms with Crippen LogP contribution in [-0.4, -0.2) is 35.1 Å². The van der Waals surface area contributed by atoms with E-state index in [-0.39, 0.29) is 33.6 Å². The number of nitrogens with zero attached hydrogens (tertiary/aromatic N) is 2. The number of Topliss-reactive ketones (excluding diaryl/α,β-unsaturated/α-hetero) is 1. The molecule has 1 heterocycles. The summed E-state index contributed by atoms with van der Waals surface area (Å²) in [4.78, 5) is 61.5. The lowest BCUT2D eigenvalue weighted by molar-refractivity contribution is -0.384. The van der Waals surface area contributed by atoms with E-state index >= 15 is 0 Å². The molecule has 0 saturated heterocycles. The van der Waals surface area contributed by atoms with Gasteiger partial charge in [0.05, 0.1) is 27.3 Å². The minimum atomic E-state index is -0.817. The molecule has 164 valence electrons. The van der Waals surface area contributed by atoms with Gasteiger partial charge in [0.1, 0.15) is 0 Å². The first kappa shape index (κ1) is 21.6. The van der Waals surface area contributed by atoms with E-state index in [1.165, 1.54) is 36.4 Å². The fourth-order valence-electron chi connectivity index (χ4n) is 3.45. The summed E-state index contributed by atoms with van der Waals surface area (Å²) in [7, 11) is 0. The molecule has 1 aliphatic rings. The van der Waals surface area contributed by atoms with Gasteiger partial charge in [0, 0.05) is 17.7 Å². The molecule has 3 aromatic rings. The number of aryl methyl sites for hydroxylation is 1. The fourth-order valence-corrected chi connectivity index (χ4v) is 3.45. The number of carbonyl (C=O) groups is 4. The molecule has 0 radical (unpaired) electrons. The number of hydrogen-bond donors (Lipinski definition) is 0. The molecule has 4 rings (SSSR count). The van der Waals surface area contributed by atoms with E-state index in [1.54, 1.807) is 37.3 Å². The van der Waals surface area contributed by atoms with Crippen LogP contribution in [0.5, 0.6) is 0 Å². The Hall–Kier alpha value is -4.66. The highest BCUT2D eigenvalue weighted by Gasteiger charge is 2.37. The maximum Gasteiger partial charge on any atom is 0.338 e. The second kappa shape index (κ2) is 8.46. The molecule has 0 atom stereocenters. The van der Waals surface area contributed by atoms with Crippen molar-refractivity contribution in [1.29, 1.82) is 0 Å². The third kappa shape index (κ3) is 3.99. The Morgan fingerprint density at radius 2 is 1.48 bits per heavy atom. The van der Waals surface area contributed by atoms with Crippen LogP contribution in [0.3, 0.4) is 0 Å². The van der Waals surface area contributed by atoms with Crippen molar-refractivity contribution in [2.45, 2.75) is 6.92 Å². The standard InChI is InChI=1S/C24H16N2O7/c1-14-6-7-16(12-20(14)25-22(28)18-4-2-3-5-19(18)23(25)29)24(30)33-13-21(27)15-8-10-17(11-9-15)26(31)32/h2-12H,13H2,1H3. The van der Waals surface area contributed by atoms with Gasteiger partial charge in [0.15, 0.2) is 12.4 Å². The van der Waals surface area contributed by atoms with E-state index in [1.807, 2.05) is 0 Å². The maximum atomic E-state index is 12.8. The normalized spacial score (nSPS) is 12.5. The zero-order valence-electron chi connectivity index (χ0n) is 17.3. The van der Waals surface area contributed by atoms with Crippen molar-refractivity contribution in [1.82, 2.24) is 0 Å². The average molecular weight is 444 g/mol. The van der Waals surface area contributed by atoms with Crippen molar-refractivity contribution in [3.05, 3.63) is 105 Å². The molecule has 0 bridgehead atoms. The van der Waals surface area contributed by atoms with Crippen LogP contribution in [0.15, 0.2) is 66.7 Å². The third-order valence-corrected chi connectivity index (χ3v) is 5.21. The molecular weight excluding hydrogens is 428 g/mol. The Labute approximate surface area is 187 Å². The van der Waals surface area contributed by atoms with Crippen molar-refractivity contribution in [2.75, 3.05) is 11.5 Å². The topological polar surface area (TPSA) is 124 Å². The molecule has 9 nitrogen and oxygen atoms in total. The molecule has 3 aromatic carbocycles. The number of imide groups is 1. The highest BCUT2D eigenvalue weighted by Crippen LogP contribution is 2.31. The SMILES string of the molecule is Cc1ccc(C(=O)OCC(=O)c2ccc([N+](=O)[O-])cc2)cc1N1C(=O)c2ccccc2C1=O. The van der Waals surface area contributed by atoms with Crippen molar-refractivity contribution >= 4 is 34.9 Å². The number of non-ortho nitro benzene ring substituents is 1. The summed E-state index contributed by atoms with van der Waals surface area (Å²) in [6.07, 6.45) is 0. The smallest absolute Gasteiger partial charge is 0.338 e. The molecular formula is C24H16N2O7. The highest BCUT2D eigenvalue weighted by atomic mass is 16.6. The Bertz CT molecular complexity index is 1290. The first-order valence-electron chi connectivity index (χ1n) is 9.81. The molecule has 0 saturated carbocycles. The van der Waals surface area contributed by atoms with Crippen molar-refractivity contribution in [2.24, 2.45) is 0 Å². The van der Waals surface area contributed by atoms with Gasteiger partial charge >= 0.3 is 5.97 Å². The van der Waals surface area contributed by atoms with E-state index < -0.39 is 35.1 Å². The van der Waals surface area contributed by atoms with Crippen LogP contribution in [0.25, 0.3) is 0 Å². The minimum absolute atomic E-state index is 0.0589. The van der Waals surface area contributed by atoms with Crippen molar-refractivity contribution < 1.29 is 28.8 Å². The Morgan fingerprint density at radius 1 is 0.909 bits per heavy atom. The molecule has 33 heavy (non-hydrogen) atoms. The van der Waals surface area contributed by atoms with Crippen LogP contribution >= 0.6 is 0 Å². The maximum absolute atomic E-state index is 12.8. The number of anilines is 1. The largest absolute Gasteiger partial charge is 0.454 e. The number of nitro benzene ring substituents is 1. The van der Waals surface area contributed by atoms with Gasteiger partial charge in [-0.3, -0.25) is 24.5 Å². The molecule has 2 amide bonds. The monoisotopic (exact) mass is 444 g/mol. The lowest BCUT2D eigenvalue weighted by atomic mass is 10.1. The van der Waals surface area contributed by atoms with Gasteiger partial charge in [-0.15, -0.1) is 0 Å². The quantitative estimate of drug-likeness (QED) is 0.186. The van der Waals surface area contributed by atoms with Crippen molar-refractivity contribution in [3.8, 4) is 0 Å². The van der Waals surface area contributed by atoms with Crippen LogP contribution in [-0.2, 0) is 4.74 Å². The average Bonchev–Trinajstić information content (AvgIpc) is 3.07. The van der Waals surface area contributed by atoms with Crippen LogP contribution in [0.1, 0.15) is 47.0 Å². The van der Waals surface area contributed by atoms with E-state index in [0.29, 0.717) is 5.56 Å². The fraction of sp³-hybridized carbons (Fsp3) is 0.0833. The summed E-state index contributed by atoms with van der Waals surface area (Å²) >= 11 is 0. The molecule has 0 N–H and O–H groups in total. The number of benzene rings is 3. The Balaban J connectivity index is 1.50. The second-order valence-corrected chi connectivity index (χ2v) is 7.30. The highest BCUT2D eigenvalue weighted by molar-refractivity contribution is 6.34.